The largest absolute Gasteiger partial charge is 0.309 e. The Kier molecular flexibility index (Phi) is 10.2. The molecule has 68 heavy (non-hydrogen) atoms. The first-order valence-electron chi connectivity index (χ1n) is 24.5. The van der Waals surface area contributed by atoms with Crippen molar-refractivity contribution >= 4 is 50.5 Å². The SMILES string of the molecule is CC.CC1=C(c2ccccc2C)c2c(N(c3ccccc3)c3cccc4c3C=CCCC4)cccc2C12c1ccccc1-c1ccc(-c3ccc(-n4c5ccccc5c5ccccc54)cc3)cc12. The van der Waals surface area contributed by atoms with Gasteiger partial charge in [0.25, 0.3) is 0 Å². The number of aromatic nitrogens is 1. The Balaban J connectivity index is 0.00000237. The van der Waals surface area contributed by atoms with Crippen LogP contribution in [0.25, 0.3) is 61.4 Å². The van der Waals surface area contributed by atoms with Gasteiger partial charge in [-0.2, -0.15) is 0 Å². The molecule has 0 saturated heterocycles. The highest BCUT2D eigenvalue weighted by Gasteiger charge is 2.53. The van der Waals surface area contributed by atoms with Gasteiger partial charge < -0.3 is 9.47 Å². The van der Waals surface area contributed by atoms with Gasteiger partial charge in [-0.3, -0.25) is 0 Å². The van der Waals surface area contributed by atoms with Crippen molar-refractivity contribution in [1.82, 2.24) is 4.57 Å². The minimum Gasteiger partial charge on any atom is -0.309 e. The lowest BCUT2D eigenvalue weighted by molar-refractivity contribution is 0.766. The molecule has 10 aromatic rings. The maximum absolute atomic E-state index is 2.55. The van der Waals surface area contributed by atoms with E-state index in [0.29, 0.717) is 0 Å². The van der Waals surface area contributed by atoms with Crippen LogP contribution in [0.3, 0.4) is 0 Å². The van der Waals surface area contributed by atoms with Gasteiger partial charge in [-0.05, 0) is 154 Å². The Labute approximate surface area is 400 Å². The second-order valence-corrected chi connectivity index (χ2v) is 18.3. The molecule has 3 aliphatic rings. The molecule has 2 heteroatoms. The standard InChI is InChI=1S/C64H48N2.C2H6/c1-42-19-9-10-24-49(42)62-43(2)64(56-30-18-34-61(63(56)62)66(47-22-6-4-7-23-47)58-33-17-21-45-20-5-3-8-25-50(45)58)55-29-14-11-26-51(55)52-40-37-46(41-57(52)64)44-35-38-48(39-36-44)65-59-31-15-12-27-53(59)54-28-13-16-32-60(54)65;1-2/h4,6-19,21-41H,3,5,20H2,1-2H3;1-2H3. The maximum Gasteiger partial charge on any atom is 0.0686 e. The zero-order valence-electron chi connectivity index (χ0n) is 39.3. The number of anilines is 3. The highest BCUT2D eigenvalue weighted by molar-refractivity contribution is 6.09. The summed E-state index contributed by atoms with van der Waals surface area (Å²) in [5, 5.41) is 2.55. The summed E-state index contributed by atoms with van der Waals surface area (Å²) in [4.78, 5) is 2.55. The fourth-order valence-corrected chi connectivity index (χ4v) is 12.0. The first-order valence-corrected chi connectivity index (χ1v) is 24.5. The molecule has 0 bridgehead atoms. The van der Waals surface area contributed by atoms with E-state index in [2.05, 4.69) is 242 Å². The third kappa shape index (κ3) is 6.17. The summed E-state index contributed by atoms with van der Waals surface area (Å²) in [7, 11) is 0. The van der Waals surface area contributed by atoms with Gasteiger partial charge in [0.1, 0.15) is 0 Å². The van der Waals surface area contributed by atoms with Gasteiger partial charge in [0.2, 0.25) is 0 Å². The van der Waals surface area contributed by atoms with Crippen LogP contribution in [0, 0.1) is 6.92 Å². The topological polar surface area (TPSA) is 8.17 Å². The van der Waals surface area contributed by atoms with Crippen LogP contribution in [0.5, 0.6) is 0 Å². The molecule has 1 aromatic heterocycles. The van der Waals surface area contributed by atoms with Crippen molar-refractivity contribution in [2.45, 2.75) is 52.4 Å². The lowest BCUT2D eigenvalue weighted by Crippen LogP contribution is -2.26. The molecule has 0 amide bonds. The summed E-state index contributed by atoms with van der Waals surface area (Å²) in [5.41, 5.74) is 25.0. The number of para-hydroxylation sites is 3. The third-order valence-electron chi connectivity index (χ3n) is 14.9. The van der Waals surface area contributed by atoms with Gasteiger partial charge in [-0.15, -0.1) is 0 Å². The number of rotatable bonds is 6. The van der Waals surface area contributed by atoms with E-state index in [1.165, 1.54) is 111 Å². The summed E-state index contributed by atoms with van der Waals surface area (Å²) >= 11 is 0. The smallest absolute Gasteiger partial charge is 0.0686 e. The number of nitrogens with zero attached hydrogens (tertiary/aromatic N) is 2. The summed E-state index contributed by atoms with van der Waals surface area (Å²) in [6.45, 7) is 8.70. The first-order chi connectivity index (χ1) is 33.6. The lowest BCUT2D eigenvalue weighted by Gasteiger charge is -2.33. The van der Waals surface area contributed by atoms with E-state index in [1.54, 1.807) is 0 Å². The molecule has 1 spiro atoms. The van der Waals surface area contributed by atoms with E-state index in [0.717, 1.165) is 30.6 Å². The summed E-state index contributed by atoms with van der Waals surface area (Å²) in [5.74, 6) is 0. The molecule has 2 nitrogen and oxygen atoms in total. The summed E-state index contributed by atoms with van der Waals surface area (Å²) in [6, 6.07) is 77.2. The third-order valence-corrected chi connectivity index (χ3v) is 14.9. The van der Waals surface area contributed by atoms with Crippen LogP contribution < -0.4 is 4.90 Å². The molecule has 3 aliphatic carbocycles. The average molecular weight is 875 g/mol. The van der Waals surface area contributed by atoms with Crippen LogP contribution in [-0.2, 0) is 11.8 Å². The Hall–Kier alpha value is -7.94. The second kappa shape index (κ2) is 16.7. The molecule has 1 atom stereocenters. The van der Waals surface area contributed by atoms with Crippen LogP contribution in [0.1, 0.15) is 78.1 Å². The second-order valence-electron chi connectivity index (χ2n) is 18.3. The molecule has 0 N–H and O–H groups in total. The van der Waals surface area contributed by atoms with Crippen LogP contribution in [0.4, 0.5) is 17.1 Å². The van der Waals surface area contributed by atoms with Crippen molar-refractivity contribution < 1.29 is 0 Å². The van der Waals surface area contributed by atoms with E-state index >= 15 is 0 Å². The predicted molar refractivity (Wildman–Crippen MR) is 289 cm³/mol. The number of fused-ring (bicyclic) bond motifs is 11. The molecular formula is C66H54N2. The zero-order valence-corrected chi connectivity index (χ0v) is 39.3. The highest BCUT2D eigenvalue weighted by Crippen LogP contribution is 2.65. The Morgan fingerprint density at radius 1 is 0.500 bits per heavy atom. The predicted octanol–water partition coefficient (Wildman–Crippen LogP) is 17.8. The summed E-state index contributed by atoms with van der Waals surface area (Å²) in [6.07, 6.45) is 8.07. The van der Waals surface area contributed by atoms with Crippen LogP contribution in [0.2, 0.25) is 0 Å². The normalized spacial score (nSPS) is 15.4. The molecule has 9 aromatic carbocycles. The van der Waals surface area contributed by atoms with Gasteiger partial charge in [0.05, 0.1) is 27.8 Å². The van der Waals surface area contributed by atoms with Gasteiger partial charge in [0.15, 0.2) is 0 Å². The van der Waals surface area contributed by atoms with E-state index in [1.807, 2.05) is 13.8 Å². The monoisotopic (exact) mass is 874 g/mol. The zero-order chi connectivity index (χ0) is 45.9. The Morgan fingerprint density at radius 2 is 1.12 bits per heavy atom. The van der Waals surface area contributed by atoms with Crippen molar-refractivity contribution in [3.63, 3.8) is 0 Å². The molecule has 0 radical (unpaired) electrons. The minimum absolute atomic E-state index is 0.524. The number of allylic oxidation sites excluding steroid dienone is 2. The highest BCUT2D eigenvalue weighted by atomic mass is 15.1. The van der Waals surface area contributed by atoms with Crippen molar-refractivity contribution in [3.8, 4) is 27.9 Å². The van der Waals surface area contributed by atoms with Crippen molar-refractivity contribution in [3.05, 3.63) is 262 Å². The number of aryl methyl sites for hydroxylation is 2. The van der Waals surface area contributed by atoms with Gasteiger partial charge >= 0.3 is 0 Å². The van der Waals surface area contributed by atoms with E-state index in [9.17, 15) is 0 Å². The van der Waals surface area contributed by atoms with E-state index in [4.69, 9.17) is 0 Å². The molecule has 1 heterocycles. The fraction of sp³-hybridized carbons (Fsp3) is 0.121. The van der Waals surface area contributed by atoms with Gasteiger partial charge in [0, 0.05) is 33.3 Å². The Bertz CT molecular complexity index is 3590. The Morgan fingerprint density at radius 3 is 1.88 bits per heavy atom. The van der Waals surface area contributed by atoms with Crippen molar-refractivity contribution in [1.29, 1.82) is 0 Å². The van der Waals surface area contributed by atoms with Gasteiger partial charge in [-0.1, -0.05) is 178 Å². The number of hydrogen-bond donors (Lipinski definition) is 0. The molecule has 13 rings (SSSR count). The van der Waals surface area contributed by atoms with E-state index < -0.39 is 5.41 Å². The fourth-order valence-electron chi connectivity index (χ4n) is 12.0. The van der Waals surface area contributed by atoms with Gasteiger partial charge in [-0.25, -0.2) is 0 Å². The van der Waals surface area contributed by atoms with Crippen LogP contribution in [0.15, 0.2) is 218 Å². The minimum atomic E-state index is -0.524. The molecule has 0 fully saturated rings. The average Bonchev–Trinajstić information content (AvgIpc) is 3.89. The maximum atomic E-state index is 2.55. The summed E-state index contributed by atoms with van der Waals surface area (Å²) < 4.78 is 2.40. The lowest BCUT2D eigenvalue weighted by atomic mass is 9.69. The molecule has 0 aliphatic heterocycles. The van der Waals surface area contributed by atoms with Crippen molar-refractivity contribution in [2.75, 3.05) is 4.90 Å². The number of benzene rings is 9. The molecule has 0 saturated carbocycles. The first kappa shape index (κ1) is 41.5. The molecule has 328 valence electrons. The van der Waals surface area contributed by atoms with Crippen molar-refractivity contribution in [2.24, 2.45) is 0 Å². The van der Waals surface area contributed by atoms with Crippen LogP contribution >= 0.6 is 0 Å². The molecule has 1 unspecified atom stereocenters. The van der Waals surface area contributed by atoms with E-state index in [-0.39, 0.29) is 0 Å². The number of hydrogen-bond acceptors (Lipinski definition) is 1. The quantitative estimate of drug-likeness (QED) is 0.162. The van der Waals surface area contributed by atoms with Crippen LogP contribution in [-0.4, -0.2) is 4.57 Å². The molecular weight excluding hydrogens is 821 g/mol.